The van der Waals surface area contributed by atoms with Gasteiger partial charge in [-0.2, -0.15) is 0 Å². The van der Waals surface area contributed by atoms with E-state index in [1.54, 1.807) is 25.3 Å². The van der Waals surface area contributed by atoms with Crippen molar-refractivity contribution in [1.82, 2.24) is 5.32 Å². The van der Waals surface area contributed by atoms with Crippen LogP contribution in [0.5, 0.6) is 5.75 Å². The molecule has 5 heteroatoms. The van der Waals surface area contributed by atoms with Crippen LogP contribution in [0.3, 0.4) is 0 Å². The summed E-state index contributed by atoms with van der Waals surface area (Å²) in [6.45, 7) is 3.99. The Labute approximate surface area is 103 Å². The fraction of sp³-hybridized carbons (Fsp3) is 0.182. The molecule has 4 nitrogen and oxygen atoms in total. The average molecular weight is 285 g/mol. The van der Waals surface area contributed by atoms with Crippen molar-refractivity contribution in [3.05, 3.63) is 34.8 Å². The molecular weight excluding hydrogens is 272 g/mol. The normalized spacial score (nSPS) is 9.62. The van der Waals surface area contributed by atoms with Crippen LogP contribution in [0.2, 0.25) is 0 Å². The molecule has 0 aromatic heterocycles. The number of hydrogen-bond acceptors (Lipinski definition) is 3. The highest BCUT2D eigenvalue weighted by molar-refractivity contribution is 9.11. The third-order valence-corrected chi connectivity index (χ3v) is 2.22. The predicted octanol–water partition coefficient (Wildman–Crippen LogP) is 1.92. The first-order chi connectivity index (χ1) is 7.54. The summed E-state index contributed by atoms with van der Waals surface area (Å²) in [7, 11) is 1.54. The molecule has 0 aliphatic heterocycles. The Morgan fingerprint density at radius 3 is 2.81 bits per heavy atom. The van der Waals surface area contributed by atoms with Gasteiger partial charge in [0.2, 0.25) is 0 Å². The number of rotatable bonds is 4. The molecule has 1 amide bonds. The van der Waals surface area contributed by atoms with Crippen molar-refractivity contribution in [2.24, 2.45) is 0 Å². The molecule has 3 N–H and O–H groups in total. The number of halogens is 1. The van der Waals surface area contributed by atoms with Gasteiger partial charge in [-0.05, 0) is 12.1 Å². The number of carbonyl (C=O) groups is 1. The lowest BCUT2D eigenvalue weighted by Crippen LogP contribution is -2.25. The number of methoxy groups -OCH3 is 1. The molecule has 0 aliphatic carbocycles. The van der Waals surface area contributed by atoms with Crippen LogP contribution in [0.1, 0.15) is 10.4 Å². The van der Waals surface area contributed by atoms with Gasteiger partial charge in [-0.15, -0.1) is 0 Å². The second kappa shape index (κ2) is 5.55. The topological polar surface area (TPSA) is 64.3 Å². The van der Waals surface area contributed by atoms with Crippen molar-refractivity contribution in [3.63, 3.8) is 0 Å². The Hall–Kier alpha value is -1.49. The molecule has 1 aromatic carbocycles. The van der Waals surface area contributed by atoms with Gasteiger partial charge >= 0.3 is 0 Å². The van der Waals surface area contributed by atoms with Crippen LogP contribution in [0.25, 0.3) is 0 Å². The lowest BCUT2D eigenvalue weighted by molar-refractivity contribution is 0.0958. The van der Waals surface area contributed by atoms with E-state index in [0.29, 0.717) is 28.0 Å². The zero-order chi connectivity index (χ0) is 12.1. The largest absolute Gasteiger partial charge is 0.497 e. The average Bonchev–Trinajstić information content (AvgIpc) is 2.25. The van der Waals surface area contributed by atoms with Crippen LogP contribution in [-0.2, 0) is 0 Å². The maximum atomic E-state index is 11.7. The van der Waals surface area contributed by atoms with Crippen molar-refractivity contribution < 1.29 is 9.53 Å². The zero-order valence-electron chi connectivity index (χ0n) is 8.92. The molecule has 86 valence electrons. The highest BCUT2D eigenvalue weighted by Crippen LogP contribution is 2.19. The van der Waals surface area contributed by atoms with Crippen molar-refractivity contribution >= 4 is 27.5 Å². The summed E-state index contributed by atoms with van der Waals surface area (Å²) >= 11 is 3.16. The number of hydrogen-bond donors (Lipinski definition) is 2. The van der Waals surface area contributed by atoms with Crippen LogP contribution < -0.4 is 15.8 Å². The molecular formula is C11H13BrN2O2. The minimum Gasteiger partial charge on any atom is -0.497 e. The summed E-state index contributed by atoms with van der Waals surface area (Å²) in [5.74, 6) is 0.389. The van der Waals surface area contributed by atoms with Crippen LogP contribution in [0, 0.1) is 0 Å². The zero-order valence-corrected chi connectivity index (χ0v) is 10.5. The molecule has 16 heavy (non-hydrogen) atoms. The third kappa shape index (κ3) is 3.27. The van der Waals surface area contributed by atoms with E-state index in [9.17, 15) is 4.79 Å². The van der Waals surface area contributed by atoms with E-state index in [2.05, 4.69) is 27.8 Å². The van der Waals surface area contributed by atoms with Gasteiger partial charge < -0.3 is 15.8 Å². The van der Waals surface area contributed by atoms with Crippen molar-refractivity contribution in [1.29, 1.82) is 0 Å². The Balaban J connectivity index is 2.79. The van der Waals surface area contributed by atoms with Crippen molar-refractivity contribution in [2.45, 2.75) is 0 Å². The Morgan fingerprint density at radius 1 is 1.62 bits per heavy atom. The van der Waals surface area contributed by atoms with Crippen LogP contribution in [0.4, 0.5) is 5.69 Å². The van der Waals surface area contributed by atoms with Crippen molar-refractivity contribution in [2.75, 3.05) is 19.4 Å². The Kier molecular flexibility index (Phi) is 4.37. The number of carbonyl (C=O) groups excluding carboxylic acids is 1. The number of benzene rings is 1. The molecule has 0 spiro atoms. The smallest absolute Gasteiger partial charge is 0.253 e. The summed E-state index contributed by atoms with van der Waals surface area (Å²) in [5.41, 5.74) is 6.54. The quantitative estimate of drug-likeness (QED) is 0.831. The SMILES string of the molecule is C=C(Br)CNC(=O)c1ccc(OC)cc1N. The number of nitrogens with one attached hydrogen (secondary N) is 1. The fourth-order valence-electron chi connectivity index (χ4n) is 1.15. The van der Waals surface area contributed by atoms with Gasteiger partial charge in [0.15, 0.2) is 0 Å². The van der Waals surface area contributed by atoms with Gasteiger partial charge in [0.25, 0.3) is 5.91 Å². The molecule has 0 atom stereocenters. The van der Waals surface area contributed by atoms with E-state index in [4.69, 9.17) is 10.5 Å². The van der Waals surface area contributed by atoms with Gasteiger partial charge in [0.1, 0.15) is 5.75 Å². The van der Waals surface area contributed by atoms with Crippen molar-refractivity contribution in [3.8, 4) is 5.75 Å². The van der Waals surface area contributed by atoms with E-state index in [1.807, 2.05) is 0 Å². The van der Waals surface area contributed by atoms with Gasteiger partial charge in [-0.1, -0.05) is 22.5 Å². The Bertz CT molecular complexity index is 418. The molecule has 0 saturated heterocycles. The van der Waals surface area contributed by atoms with E-state index >= 15 is 0 Å². The summed E-state index contributed by atoms with van der Waals surface area (Å²) < 4.78 is 5.70. The second-order valence-electron chi connectivity index (χ2n) is 3.15. The molecule has 0 heterocycles. The van der Waals surface area contributed by atoms with Gasteiger partial charge in [-0.3, -0.25) is 4.79 Å². The highest BCUT2D eigenvalue weighted by Gasteiger charge is 2.09. The molecule has 0 bridgehead atoms. The van der Waals surface area contributed by atoms with Crippen LogP contribution in [0.15, 0.2) is 29.3 Å². The van der Waals surface area contributed by atoms with E-state index in [0.717, 1.165) is 0 Å². The first kappa shape index (κ1) is 12.6. The van der Waals surface area contributed by atoms with Gasteiger partial charge in [0, 0.05) is 22.8 Å². The minimum atomic E-state index is -0.235. The maximum Gasteiger partial charge on any atom is 0.253 e. The monoisotopic (exact) mass is 284 g/mol. The first-order valence-electron chi connectivity index (χ1n) is 4.59. The van der Waals surface area contributed by atoms with Gasteiger partial charge in [-0.25, -0.2) is 0 Å². The van der Waals surface area contributed by atoms with E-state index in [-0.39, 0.29) is 5.91 Å². The standard InChI is InChI=1S/C11H13BrN2O2/c1-7(12)6-14-11(15)9-4-3-8(16-2)5-10(9)13/h3-5H,1,6,13H2,2H3,(H,14,15). The van der Waals surface area contributed by atoms with E-state index in [1.165, 1.54) is 0 Å². The number of nitrogen functional groups attached to an aromatic ring is 1. The summed E-state index contributed by atoms with van der Waals surface area (Å²) in [5, 5.41) is 2.67. The lowest BCUT2D eigenvalue weighted by atomic mass is 10.1. The molecule has 0 unspecified atom stereocenters. The van der Waals surface area contributed by atoms with E-state index < -0.39 is 0 Å². The number of anilines is 1. The lowest BCUT2D eigenvalue weighted by Gasteiger charge is -2.08. The third-order valence-electron chi connectivity index (χ3n) is 1.94. The minimum absolute atomic E-state index is 0.235. The molecule has 1 rings (SSSR count). The Morgan fingerprint density at radius 2 is 2.31 bits per heavy atom. The molecule has 0 radical (unpaired) electrons. The summed E-state index contributed by atoms with van der Waals surface area (Å²) in [6, 6.07) is 4.92. The fourth-order valence-corrected chi connectivity index (χ4v) is 1.29. The maximum absolute atomic E-state index is 11.7. The number of amides is 1. The first-order valence-corrected chi connectivity index (χ1v) is 5.39. The number of ether oxygens (including phenoxy) is 1. The predicted molar refractivity (Wildman–Crippen MR) is 67.8 cm³/mol. The highest BCUT2D eigenvalue weighted by atomic mass is 79.9. The molecule has 1 aromatic rings. The molecule has 0 saturated carbocycles. The number of nitrogens with two attached hydrogens (primary N) is 1. The summed E-state index contributed by atoms with van der Waals surface area (Å²) in [6.07, 6.45) is 0. The summed E-state index contributed by atoms with van der Waals surface area (Å²) in [4.78, 5) is 11.7. The molecule has 0 aliphatic rings. The van der Waals surface area contributed by atoms with Gasteiger partial charge in [0.05, 0.1) is 12.7 Å². The van der Waals surface area contributed by atoms with Crippen LogP contribution in [-0.4, -0.2) is 19.6 Å². The second-order valence-corrected chi connectivity index (χ2v) is 4.27. The van der Waals surface area contributed by atoms with Crippen LogP contribution >= 0.6 is 15.9 Å². The molecule has 0 fully saturated rings.